The highest BCUT2D eigenvalue weighted by Crippen LogP contribution is 2.23. The second-order valence-corrected chi connectivity index (χ2v) is 6.20. The van der Waals surface area contributed by atoms with Crippen molar-refractivity contribution in [3.05, 3.63) is 59.7 Å². The molecule has 1 aliphatic rings. The fraction of sp³-hybridized carbons (Fsp3) is 0.300. The molecule has 0 unspecified atom stereocenters. The van der Waals surface area contributed by atoms with Crippen LogP contribution in [0, 0.1) is 6.92 Å². The molecule has 2 aromatic carbocycles. The molecule has 0 bridgehead atoms. The molecule has 3 rings (SSSR count). The maximum Gasteiger partial charge on any atom is 0.259 e. The van der Waals surface area contributed by atoms with Crippen molar-refractivity contribution in [2.45, 2.75) is 19.8 Å². The van der Waals surface area contributed by atoms with Crippen LogP contribution >= 0.6 is 0 Å². The number of carbonyl (C=O) groups excluding carboxylic acids is 2. The van der Waals surface area contributed by atoms with Crippen molar-refractivity contribution < 1.29 is 14.3 Å². The van der Waals surface area contributed by atoms with Gasteiger partial charge in [0.25, 0.3) is 5.91 Å². The average Bonchev–Trinajstić information content (AvgIpc) is 3.04. The third-order valence-corrected chi connectivity index (χ3v) is 4.41. The molecule has 0 N–H and O–H groups in total. The van der Waals surface area contributed by atoms with E-state index in [9.17, 15) is 9.59 Å². The van der Waals surface area contributed by atoms with E-state index in [4.69, 9.17) is 4.74 Å². The molecule has 5 heteroatoms. The molecule has 1 heterocycles. The summed E-state index contributed by atoms with van der Waals surface area (Å²) in [5, 5.41) is 0. The molecule has 2 aromatic rings. The van der Waals surface area contributed by atoms with Crippen molar-refractivity contribution in [2.75, 3.05) is 25.2 Å². The van der Waals surface area contributed by atoms with Crippen LogP contribution in [-0.4, -0.2) is 37.0 Å². The molecule has 1 fully saturated rings. The van der Waals surface area contributed by atoms with Crippen LogP contribution in [0.4, 0.5) is 5.69 Å². The molecule has 0 atom stereocenters. The molecular weight excluding hydrogens is 316 g/mol. The highest BCUT2D eigenvalue weighted by Gasteiger charge is 2.26. The maximum absolute atomic E-state index is 13.1. The molecular formula is C20H22N2O3. The van der Waals surface area contributed by atoms with Gasteiger partial charge in [-0.15, -0.1) is 0 Å². The van der Waals surface area contributed by atoms with Gasteiger partial charge < -0.3 is 9.64 Å². The van der Waals surface area contributed by atoms with Gasteiger partial charge in [0.2, 0.25) is 5.91 Å². The first-order valence-electron chi connectivity index (χ1n) is 8.39. The standard InChI is InChI=1S/C20H22N2O3/c1-15-5-7-16(8-6-15)20(24)22(14-21-13-3-4-19(21)23)17-9-11-18(25-2)12-10-17/h5-12H,3-4,13-14H2,1-2H3. The molecule has 0 saturated carbocycles. The number of amides is 2. The number of hydrogen-bond acceptors (Lipinski definition) is 3. The van der Waals surface area contributed by atoms with E-state index in [0.29, 0.717) is 18.5 Å². The van der Waals surface area contributed by atoms with Crippen LogP contribution in [-0.2, 0) is 4.79 Å². The van der Waals surface area contributed by atoms with E-state index >= 15 is 0 Å². The van der Waals surface area contributed by atoms with Gasteiger partial charge in [-0.1, -0.05) is 17.7 Å². The van der Waals surface area contributed by atoms with E-state index in [-0.39, 0.29) is 18.5 Å². The SMILES string of the molecule is COc1ccc(N(CN2CCCC2=O)C(=O)c2ccc(C)cc2)cc1. The summed E-state index contributed by atoms with van der Waals surface area (Å²) in [5.74, 6) is 0.698. The van der Waals surface area contributed by atoms with Crippen molar-refractivity contribution in [1.82, 2.24) is 4.90 Å². The summed E-state index contributed by atoms with van der Waals surface area (Å²) in [4.78, 5) is 28.5. The number of methoxy groups -OCH3 is 1. The maximum atomic E-state index is 13.1. The molecule has 5 nitrogen and oxygen atoms in total. The summed E-state index contributed by atoms with van der Waals surface area (Å²) in [6.45, 7) is 2.93. The summed E-state index contributed by atoms with van der Waals surface area (Å²) in [7, 11) is 1.60. The van der Waals surface area contributed by atoms with Gasteiger partial charge in [0, 0.05) is 24.2 Å². The lowest BCUT2D eigenvalue weighted by molar-refractivity contribution is -0.127. The molecule has 0 radical (unpaired) electrons. The Kier molecular flexibility index (Phi) is 5.03. The van der Waals surface area contributed by atoms with Gasteiger partial charge in [-0.05, 0) is 49.7 Å². The number of nitrogens with zero attached hydrogens (tertiary/aromatic N) is 2. The van der Waals surface area contributed by atoms with Crippen LogP contribution in [0.3, 0.4) is 0 Å². The molecule has 0 aromatic heterocycles. The second kappa shape index (κ2) is 7.38. The summed E-state index contributed by atoms with van der Waals surface area (Å²) < 4.78 is 5.19. The number of likely N-dealkylation sites (tertiary alicyclic amines) is 1. The number of ether oxygens (including phenoxy) is 1. The lowest BCUT2D eigenvalue weighted by Crippen LogP contribution is -2.42. The number of rotatable bonds is 5. The number of carbonyl (C=O) groups is 2. The van der Waals surface area contributed by atoms with Crippen molar-refractivity contribution in [3.8, 4) is 5.75 Å². The van der Waals surface area contributed by atoms with E-state index in [2.05, 4.69) is 0 Å². The zero-order valence-electron chi connectivity index (χ0n) is 14.6. The van der Waals surface area contributed by atoms with E-state index < -0.39 is 0 Å². The quantitative estimate of drug-likeness (QED) is 0.841. The largest absolute Gasteiger partial charge is 0.497 e. The molecule has 25 heavy (non-hydrogen) atoms. The average molecular weight is 338 g/mol. The predicted molar refractivity (Wildman–Crippen MR) is 96.8 cm³/mol. The first kappa shape index (κ1) is 17.0. The van der Waals surface area contributed by atoms with Crippen molar-refractivity contribution in [2.24, 2.45) is 0 Å². The smallest absolute Gasteiger partial charge is 0.259 e. The Morgan fingerprint density at radius 3 is 2.36 bits per heavy atom. The minimum absolute atomic E-state index is 0.0928. The van der Waals surface area contributed by atoms with Crippen LogP contribution in [0.5, 0.6) is 5.75 Å². The third-order valence-electron chi connectivity index (χ3n) is 4.41. The second-order valence-electron chi connectivity index (χ2n) is 6.20. The fourth-order valence-electron chi connectivity index (χ4n) is 2.90. The summed E-state index contributed by atoms with van der Waals surface area (Å²) in [6.07, 6.45) is 1.39. The van der Waals surface area contributed by atoms with Crippen molar-refractivity contribution in [1.29, 1.82) is 0 Å². The van der Waals surface area contributed by atoms with Gasteiger partial charge in [0.15, 0.2) is 0 Å². The van der Waals surface area contributed by atoms with Gasteiger partial charge in [0.1, 0.15) is 12.4 Å². The Morgan fingerprint density at radius 2 is 1.80 bits per heavy atom. The number of hydrogen-bond donors (Lipinski definition) is 0. The Morgan fingerprint density at radius 1 is 1.12 bits per heavy atom. The van der Waals surface area contributed by atoms with Crippen LogP contribution < -0.4 is 9.64 Å². The monoisotopic (exact) mass is 338 g/mol. The number of anilines is 1. The number of benzene rings is 2. The predicted octanol–water partition coefficient (Wildman–Crippen LogP) is 3.23. The van der Waals surface area contributed by atoms with Gasteiger partial charge in [-0.3, -0.25) is 14.5 Å². The zero-order chi connectivity index (χ0) is 17.8. The summed E-state index contributed by atoms with van der Waals surface area (Å²) in [5.41, 5.74) is 2.45. The molecule has 2 amide bonds. The van der Waals surface area contributed by atoms with E-state index in [1.807, 2.05) is 55.5 Å². The minimum atomic E-state index is -0.120. The van der Waals surface area contributed by atoms with Crippen LogP contribution in [0.1, 0.15) is 28.8 Å². The van der Waals surface area contributed by atoms with Gasteiger partial charge in [0.05, 0.1) is 7.11 Å². The van der Waals surface area contributed by atoms with E-state index in [1.165, 1.54) is 0 Å². The first-order valence-corrected chi connectivity index (χ1v) is 8.39. The van der Waals surface area contributed by atoms with Gasteiger partial charge >= 0.3 is 0 Å². The molecule has 1 aliphatic heterocycles. The zero-order valence-corrected chi connectivity index (χ0v) is 14.6. The Bertz CT molecular complexity index is 754. The molecule has 1 saturated heterocycles. The van der Waals surface area contributed by atoms with E-state index in [0.717, 1.165) is 23.4 Å². The lowest BCUT2D eigenvalue weighted by atomic mass is 10.1. The Labute approximate surface area is 147 Å². The molecule has 130 valence electrons. The highest BCUT2D eigenvalue weighted by atomic mass is 16.5. The van der Waals surface area contributed by atoms with Crippen LogP contribution in [0.2, 0.25) is 0 Å². The fourth-order valence-corrected chi connectivity index (χ4v) is 2.90. The van der Waals surface area contributed by atoms with Gasteiger partial charge in [-0.25, -0.2) is 0 Å². The highest BCUT2D eigenvalue weighted by molar-refractivity contribution is 6.06. The Hall–Kier alpha value is -2.82. The van der Waals surface area contributed by atoms with Crippen molar-refractivity contribution >= 4 is 17.5 Å². The minimum Gasteiger partial charge on any atom is -0.497 e. The molecule has 0 aliphatic carbocycles. The van der Waals surface area contributed by atoms with E-state index in [1.54, 1.807) is 16.9 Å². The Balaban J connectivity index is 1.90. The normalized spacial score (nSPS) is 13.8. The molecule has 0 spiro atoms. The van der Waals surface area contributed by atoms with Crippen LogP contribution in [0.15, 0.2) is 48.5 Å². The van der Waals surface area contributed by atoms with Gasteiger partial charge in [-0.2, -0.15) is 0 Å². The topological polar surface area (TPSA) is 49.9 Å². The summed E-state index contributed by atoms with van der Waals surface area (Å²) >= 11 is 0. The summed E-state index contributed by atoms with van der Waals surface area (Å²) in [6, 6.07) is 14.8. The van der Waals surface area contributed by atoms with Crippen molar-refractivity contribution in [3.63, 3.8) is 0 Å². The number of aryl methyl sites for hydroxylation is 1. The third kappa shape index (κ3) is 3.82. The van der Waals surface area contributed by atoms with Crippen LogP contribution in [0.25, 0.3) is 0 Å². The lowest BCUT2D eigenvalue weighted by Gasteiger charge is -2.28. The first-order chi connectivity index (χ1) is 12.1.